The summed E-state index contributed by atoms with van der Waals surface area (Å²) >= 11 is 0. The first-order valence-electron chi connectivity index (χ1n) is 6.37. The molecule has 0 radical (unpaired) electrons. The van der Waals surface area contributed by atoms with Gasteiger partial charge in [0.25, 0.3) is 0 Å². The maximum Gasteiger partial charge on any atom is 0.325 e. The third-order valence-electron chi connectivity index (χ3n) is 2.65. The van der Waals surface area contributed by atoms with Crippen LogP contribution in [0.2, 0.25) is 0 Å². The van der Waals surface area contributed by atoms with Crippen molar-refractivity contribution < 1.29 is 19.1 Å². The van der Waals surface area contributed by atoms with Crippen molar-refractivity contribution in [3.8, 4) is 0 Å². The SMILES string of the molecule is CC(Cc1ccco1)NC(=O)Nc1cnn(CC(=O)O)c1. The number of anilines is 1. The monoisotopic (exact) mass is 292 g/mol. The minimum atomic E-state index is -0.999. The molecule has 0 fully saturated rings. The molecule has 2 aromatic rings. The van der Waals surface area contributed by atoms with E-state index in [4.69, 9.17) is 9.52 Å². The second-order valence-electron chi connectivity index (χ2n) is 4.60. The van der Waals surface area contributed by atoms with Crippen LogP contribution in [0.4, 0.5) is 10.5 Å². The highest BCUT2D eigenvalue weighted by atomic mass is 16.4. The number of carboxylic acids is 1. The second kappa shape index (κ2) is 6.60. The Morgan fingerprint density at radius 3 is 3.00 bits per heavy atom. The fourth-order valence-corrected chi connectivity index (χ4v) is 1.83. The van der Waals surface area contributed by atoms with Crippen LogP contribution in [0.15, 0.2) is 35.2 Å². The van der Waals surface area contributed by atoms with Gasteiger partial charge >= 0.3 is 12.0 Å². The highest BCUT2D eigenvalue weighted by Crippen LogP contribution is 2.06. The topological polar surface area (TPSA) is 109 Å². The minimum absolute atomic E-state index is 0.106. The lowest BCUT2D eigenvalue weighted by atomic mass is 10.2. The number of hydrogen-bond donors (Lipinski definition) is 3. The van der Waals surface area contributed by atoms with Gasteiger partial charge in [0, 0.05) is 18.7 Å². The molecule has 0 aliphatic carbocycles. The fourth-order valence-electron chi connectivity index (χ4n) is 1.83. The molecular formula is C13H16N4O4. The number of rotatable bonds is 6. The van der Waals surface area contributed by atoms with Gasteiger partial charge in [0.2, 0.25) is 0 Å². The Morgan fingerprint density at radius 1 is 1.52 bits per heavy atom. The molecule has 8 nitrogen and oxygen atoms in total. The largest absolute Gasteiger partial charge is 0.480 e. The summed E-state index contributed by atoms with van der Waals surface area (Å²) in [4.78, 5) is 22.3. The van der Waals surface area contributed by atoms with Crippen LogP contribution in [0.1, 0.15) is 12.7 Å². The minimum Gasteiger partial charge on any atom is -0.480 e. The molecule has 0 spiro atoms. The van der Waals surface area contributed by atoms with Crippen molar-refractivity contribution in [3.05, 3.63) is 36.5 Å². The number of carboxylic acid groups (broad SMARTS) is 1. The number of nitrogens with zero attached hydrogens (tertiary/aromatic N) is 2. The summed E-state index contributed by atoms with van der Waals surface area (Å²) in [5.41, 5.74) is 0.430. The van der Waals surface area contributed by atoms with Crippen molar-refractivity contribution in [1.29, 1.82) is 0 Å². The normalized spacial score (nSPS) is 11.9. The summed E-state index contributed by atoms with van der Waals surface area (Å²) in [7, 11) is 0. The molecule has 0 aromatic carbocycles. The molecule has 0 aliphatic heterocycles. The third kappa shape index (κ3) is 4.68. The average Bonchev–Trinajstić information content (AvgIpc) is 3.00. The number of urea groups is 1. The Morgan fingerprint density at radius 2 is 2.33 bits per heavy atom. The van der Waals surface area contributed by atoms with Gasteiger partial charge in [0.1, 0.15) is 12.3 Å². The molecule has 0 aliphatic rings. The molecule has 1 atom stereocenters. The molecule has 21 heavy (non-hydrogen) atoms. The van der Waals surface area contributed by atoms with Gasteiger partial charge in [-0.2, -0.15) is 5.10 Å². The molecule has 0 saturated heterocycles. The first-order chi connectivity index (χ1) is 10.0. The number of aromatic nitrogens is 2. The Balaban J connectivity index is 1.81. The summed E-state index contributed by atoms with van der Waals surface area (Å²) in [6, 6.07) is 3.14. The zero-order valence-corrected chi connectivity index (χ0v) is 11.4. The Hall–Kier alpha value is -2.77. The van der Waals surface area contributed by atoms with Crippen LogP contribution in [0.25, 0.3) is 0 Å². The molecule has 112 valence electrons. The predicted octanol–water partition coefficient (Wildman–Crippen LogP) is 1.31. The first kappa shape index (κ1) is 14.6. The molecular weight excluding hydrogens is 276 g/mol. The predicted molar refractivity (Wildman–Crippen MR) is 73.9 cm³/mol. The highest BCUT2D eigenvalue weighted by molar-refractivity contribution is 5.89. The van der Waals surface area contributed by atoms with E-state index in [1.54, 1.807) is 12.3 Å². The van der Waals surface area contributed by atoms with E-state index in [9.17, 15) is 9.59 Å². The van der Waals surface area contributed by atoms with Gasteiger partial charge in [0.15, 0.2) is 0 Å². The number of carbonyl (C=O) groups is 2. The maximum atomic E-state index is 11.8. The van der Waals surface area contributed by atoms with Gasteiger partial charge in [-0.25, -0.2) is 4.79 Å². The lowest BCUT2D eigenvalue weighted by molar-refractivity contribution is -0.137. The average molecular weight is 292 g/mol. The Kier molecular flexibility index (Phi) is 4.60. The van der Waals surface area contributed by atoms with Crippen molar-refractivity contribution in [2.45, 2.75) is 25.9 Å². The van der Waals surface area contributed by atoms with E-state index in [1.165, 1.54) is 17.1 Å². The van der Waals surface area contributed by atoms with Crippen LogP contribution in [-0.2, 0) is 17.8 Å². The van der Waals surface area contributed by atoms with E-state index in [0.717, 1.165) is 5.76 Å². The summed E-state index contributed by atoms with van der Waals surface area (Å²) in [6.07, 6.45) is 5.00. The molecule has 2 aromatic heterocycles. The zero-order valence-electron chi connectivity index (χ0n) is 11.4. The van der Waals surface area contributed by atoms with E-state index in [2.05, 4.69) is 15.7 Å². The van der Waals surface area contributed by atoms with E-state index < -0.39 is 5.97 Å². The fraction of sp³-hybridized carbons (Fsp3) is 0.308. The lowest BCUT2D eigenvalue weighted by Crippen LogP contribution is -2.37. The Bertz CT molecular complexity index is 605. The van der Waals surface area contributed by atoms with Crippen LogP contribution in [0.3, 0.4) is 0 Å². The highest BCUT2D eigenvalue weighted by Gasteiger charge is 2.11. The molecule has 0 bridgehead atoms. The van der Waals surface area contributed by atoms with Crippen molar-refractivity contribution in [2.75, 3.05) is 5.32 Å². The number of aliphatic carboxylic acids is 1. The number of hydrogen-bond acceptors (Lipinski definition) is 4. The van der Waals surface area contributed by atoms with Crippen LogP contribution in [0, 0.1) is 0 Å². The zero-order chi connectivity index (χ0) is 15.2. The van der Waals surface area contributed by atoms with Crippen LogP contribution < -0.4 is 10.6 Å². The smallest absolute Gasteiger partial charge is 0.325 e. The number of furan rings is 1. The van der Waals surface area contributed by atoms with Gasteiger partial charge in [-0.1, -0.05) is 0 Å². The molecule has 1 unspecified atom stereocenters. The maximum absolute atomic E-state index is 11.8. The van der Waals surface area contributed by atoms with Crippen molar-refractivity contribution in [3.63, 3.8) is 0 Å². The van der Waals surface area contributed by atoms with Gasteiger partial charge < -0.3 is 20.2 Å². The van der Waals surface area contributed by atoms with E-state index in [1.807, 2.05) is 13.0 Å². The van der Waals surface area contributed by atoms with E-state index >= 15 is 0 Å². The third-order valence-corrected chi connectivity index (χ3v) is 2.65. The summed E-state index contributed by atoms with van der Waals surface area (Å²) in [6.45, 7) is 1.61. The lowest BCUT2D eigenvalue weighted by Gasteiger charge is -2.12. The second-order valence-corrected chi connectivity index (χ2v) is 4.60. The van der Waals surface area contributed by atoms with Crippen molar-refractivity contribution >= 4 is 17.7 Å². The molecule has 0 saturated carbocycles. The van der Waals surface area contributed by atoms with Crippen LogP contribution >= 0.6 is 0 Å². The molecule has 2 heterocycles. The van der Waals surface area contributed by atoms with Gasteiger partial charge in [0.05, 0.1) is 18.1 Å². The quantitative estimate of drug-likeness (QED) is 0.743. The number of carbonyl (C=O) groups excluding carboxylic acids is 1. The number of amides is 2. The van der Waals surface area contributed by atoms with Crippen molar-refractivity contribution in [2.24, 2.45) is 0 Å². The molecule has 8 heteroatoms. The Labute approximate surface area is 120 Å². The molecule has 3 N–H and O–H groups in total. The van der Waals surface area contributed by atoms with Gasteiger partial charge in [-0.15, -0.1) is 0 Å². The van der Waals surface area contributed by atoms with Gasteiger partial charge in [-0.05, 0) is 19.1 Å². The van der Waals surface area contributed by atoms with Crippen molar-refractivity contribution in [1.82, 2.24) is 15.1 Å². The van der Waals surface area contributed by atoms with Crippen LogP contribution in [0.5, 0.6) is 0 Å². The summed E-state index contributed by atoms with van der Waals surface area (Å²) in [5.74, 6) is -0.210. The van der Waals surface area contributed by atoms with Gasteiger partial charge in [-0.3, -0.25) is 9.48 Å². The first-order valence-corrected chi connectivity index (χ1v) is 6.37. The van der Waals surface area contributed by atoms with Crippen LogP contribution in [-0.4, -0.2) is 32.9 Å². The molecule has 2 rings (SSSR count). The molecule has 2 amide bonds. The number of nitrogens with one attached hydrogen (secondary N) is 2. The van der Waals surface area contributed by atoms with E-state index in [0.29, 0.717) is 12.1 Å². The standard InChI is InChI=1S/C13H16N4O4/c1-9(5-11-3-2-4-21-11)15-13(20)16-10-6-14-17(7-10)8-12(18)19/h2-4,6-7,9H,5,8H2,1H3,(H,18,19)(H2,15,16,20). The summed E-state index contributed by atoms with van der Waals surface area (Å²) < 4.78 is 6.43. The summed E-state index contributed by atoms with van der Waals surface area (Å²) in [5, 5.41) is 17.8. The van der Waals surface area contributed by atoms with E-state index in [-0.39, 0.29) is 18.6 Å².